The maximum Gasteiger partial charge on any atom is 0.192 e. The Morgan fingerprint density at radius 3 is 2.89 bits per heavy atom. The summed E-state index contributed by atoms with van der Waals surface area (Å²) in [5.74, 6) is 0.724. The topological polar surface area (TPSA) is 47.3 Å². The van der Waals surface area contributed by atoms with E-state index in [2.05, 4.69) is 22.4 Å². The van der Waals surface area contributed by atoms with E-state index in [1.165, 1.54) is 18.4 Å². The van der Waals surface area contributed by atoms with Gasteiger partial charge in [0.2, 0.25) is 0 Å². The van der Waals surface area contributed by atoms with Crippen LogP contribution in [0.3, 0.4) is 0 Å². The minimum atomic E-state index is 0.129. The number of hydrogen-bond acceptors (Lipinski definition) is 4. The lowest BCUT2D eigenvalue weighted by atomic mass is 9.78. The van der Waals surface area contributed by atoms with Crippen molar-refractivity contribution in [1.29, 1.82) is 0 Å². The molecular weight excluding hydrogens is 240 g/mol. The van der Waals surface area contributed by atoms with E-state index < -0.39 is 0 Å². The molecular formula is C15H18N2O2. The SMILES string of the molecule is Cc1nc2cc(C3(CNC4CC4)COC3)ccc2o1. The summed E-state index contributed by atoms with van der Waals surface area (Å²) in [5, 5.41) is 3.63. The number of nitrogens with zero attached hydrogens (tertiary/aromatic N) is 1. The molecule has 4 nitrogen and oxygen atoms in total. The smallest absolute Gasteiger partial charge is 0.192 e. The van der Waals surface area contributed by atoms with E-state index in [-0.39, 0.29) is 5.41 Å². The molecule has 2 aromatic rings. The van der Waals surface area contributed by atoms with Crippen molar-refractivity contribution in [3.8, 4) is 0 Å². The van der Waals surface area contributed by atoms with Crippen LogP contribution < -0.4 is 5.32 Å². The van der Waals surface area contributed by atoms with E-state index in [1.54, 1.807) is 0 Å². The largest absolute Gasteiger partial charge is 0.441 e. The number of nitrogens with one attached hydrogen (secondary N) is 1. The molecule has 1 aliphatic carbocycles. The van der Waals surface area contributed by atoms with Crippen LogP contribution in [0.1, 0.15) is 24.3 Å². The molecule has 1 saturated heterocycles. The standard InChI is InChI=1S/C15H18N2O2/c1-10-17-13-6-11(2-5-14(13)19-10)15(8-18-9-15)7-16-12-3-4-12/h2,5-6,12,16H,3-4,7-9H2,1H3. The van der Waals surface area contributed by atoms with Gasteiger partial charge in [0.25, 0.3) is 0 Å². The van der Waals surface area contributed by atoms with Crippen LogP contribution >= 0.6 is 0 Å². The van der Waals surface area contributed by atoms with Crippen LogP contribution in [0.25, 0.3) is 11.1 Å². The molecule has 0 radical (unpaired) electrons. The molecule has 2 aliphatic rings. The molecule has 1 aromatic heterocycles. The fraction of sp³-hybridized carbons (Fsp3) is 0.533. The highest BCUT2D eigenvalue weighted by atomic mass is 16.5. The third kappa shape index (κ3) is 1.95. The lowest BCUT2D eigenvalue weighted by Gasteiger charge is -2.42. The fourth-order valence-electron chi connectivity index (χ4n) is 2.72. The van der Waals surface area contributed by atoms with Crippen LogP contribution in [0.15, 0.2) is 22.6 Å². The monoisotopic (exact) mass is 258 g/mol. The first-order valence-corrected chi connectivity index (χ1v) is 6.94. The molecule has 0 spiro atoms. The summed E-state index contributed by atoms with van der Waals surface area (Å²) >= 11 is 0. The maximum atomic E-state index is 5.54. The second-order valence-electron chi connectivity index (χ2n) is 5.84. The summed E-state index contributed by atoms with van der Waals surface area (Å²) in [6.45, 7) is 4.49. The fourth-order valence-corrected chi connectivity index (χ4v) is 2.72. The first kappa shape index (κ1) is 11.4. The van der Waals surface area contributed by atoms with Gasteiger partial charge in [-0.25, -0.2) is 4.98 Å². The quantitative estimate of drug-likeness (QED) is 0.913. The number of ether oxygens (including phenoxy) is 1. The highest BCUT2D eigenvalue weighted by Gasteiger charge is 2.41. The predicted octanol–water partition coefficient (Wildman–Crippen LogP) is 2.16. The van der Waals surface area contributed by atoms with Crippen molar-refractivity contribution in [2.45, 2.75) is 31.2 Å². The van der Waals surface area contributed by atoms with Crippen molar-refractivity contribution >= 4 is 11.1 Å². The molecule has 1 aliphatic heterocycles. The van der Waals surface area contributed by atoms with Crippen LogP contribution in [0.4, 0.5) is 0 Å². The third-order valence-corrected chi connectivity index (χ3v) is 4.17. The Kier molecular flexibility index (Phi) is 2.44. The zero-order chi connectivity index (χ0) is 12.9. The number of fused-ring (bicyclic) bond motifs is 1. The normalized spacial score (nSPS) is 21.5. The summed E-state index contributed by atoms with van der Waals surface area (Å²) in [4.78, 5) is 4.43. The second-order valence-corrected chi connectivity index (χ2v) is 5.84. The predicted molar refractivity (Wildman–Crippen MR) is 72.3 cm³/mol. The van der Waals surface area contributed by atoms with Crippen molar-refractivity contribution in [1.82, 2.24) is 10.3 Å². The van der Waals surface area contributed by atoms with Gasteiger partial charge in [-0.3, -0.25) is 0 Å². The summed E-state index contributed by atoms with van der Waals surface area (Å²) in [5.41, 5.74) is 3.26. The lowest BCUT2D eigenvalue weighted by Crippen LogP contribution is -2.53. The number of benzene rings is 1. The maximum absolute atomic E-state index is 5.54. The lowest BCUT2D eigenvalue weighted by molar-refractivity contribution is -0.0591. The van der Waals surface area contributed by atoms with Crippen molar-refractivity contribution in [3.63, 3.8) is 0 Å². The highest BCUT2D eigenvalue weighted by molar-refractivity contribution is 5.74. The van der Waals surface area contributed by atoms with Crippen LogP contribution in [-0.4, -0.2) is 30.8 Å². The van der Waals surface area contributed by atoms with Crippen LogP contribution in [0.2, 0.25) is 0 Å². The molecule has 0 amide bonds. The number of aromatic nitrogens is 1. The van der Waals surface area contributed by atoms with Crippen molar-refractivity contribution in [2.75, 3.05) is 19.8 Å². The molecule has 100 valence electrons. The van der Waals surface area contributed by atoms with Gasteiger partial charge in [0.05, 0.1) is 18.6 Å². The van der Waals surface area contributed by atoms with Gasteiger partial charge in [-0.05, 0) is 30.5 Å². The summed E-state index contributed by atoms with van der Waals surface area (Å²) < 4.78 is 11.0. The molecule has 0 atom stereocenters. The highest BCUT2D eigenvalue weighted by Crippen LogP contribution is 2.34. The van der Waals surface area contributed by atoms with E-state index >= 15 is 0 Å². The van der Waals surface area contributed by atoms with Gasteiger partial charge in [0.1, 0.15) is 5.52 Å². The number of hydrogen-bond donors (Lipinski definition) is 1. The Hall–Kier alpha value is -1.39. The molecule has 2 heterocycles. The number of oxazole rings is 1. The Morgan fingerprint density at radius 2 is 2.21 bits per heavy atom. The molecule has 1 N–H and O–H groups in total. The van der Waals surface area contributed by atoms with Gasteiger partial charge in [-0.1, -0.05) is 6.07 Å². The van der Waals surface area contributed by atoms with E-state index in [9.17, 15) is 0 Å². The molecule has 4 rings (SSSR count). The van der Waals surface area contributed by atoms with Crippen molar-refractivity contribution in [3.05, 3.63) is 29.7 Å². The molecule has 0 unspecified atom stereocenters. The Bertz CT molecular complexity index is 612. The van der Waals surface area contributed by atoms with Crippen molar-refractivity contribution < 1.29 is 9.15 Å². The first-order chi connectivity index (χ1) is 9.25. The zero-order valence-electron chi connectivity index (χ0n) is 11.1. The van der Waals surface area contributed by atoms with E-state index in [0.29, 0.717) is 0 Å². The molecule has 1 aromatic carbocycles. The minimum Gasteiger partial charge on any atom is -0.441 e. The molecule has 2 fully saturated rings. The van der Waals surface area contributed by atoms with Gasteiger partial charge in [0, 0.05) is 19.5 Å². The zero-order valence-corrected chi connectivity index (χ0v) is 11.1. The molecule has 0 bridgehead atoms. The molecule has 4 heteroatoms. The summed E-state index contributed by atoms with van der Waals surface area (Å²) in [6, 6.07) is 7.07. The number of aryl methyl sites for hydroxylation is 1. The Labute approximate surface area is 112 Å². The van der Waals surface area contributed by atoms with Crippen LogP contribution in [-0.2, 0) is 10.2 Å². The van der Waals surface area contributed by atoms with Gasteiger partial charge in [-0.2, -0.15) is 0 Å². The van der Waals surface area contributed by atoms with Gasteiger partial charge in [0.15, 0.2) is 11.5 Å². The van der Waals surface area contributed by atoms with E-state index in [0.717, 1.165) is 42.8 Å². The average Bonchev–Trinajstić information content (AvgIpc) is 3.08. The molecule has 19 heavy (non-hydrogen) atoms. The van der Waals surface area contributed by atoms with Gasteiger partial charge < -0.3 is 14.5 Å². The van der Waals surface area contributed by atoms with E-state index in [1.807, 2.05) is 13.0 Å². The molecule has 1 saturated carbocycles. The third-order valence-electron chi connectivity index (χ3n) is 4.17. The van der Waals surface area contributed by atoms with E-state index in [4.69, 9.17) is 9.15 Å². The Morgan fingerprint density at radius 1 is 1.37 bits per heavy atom. The number of rotatable bonds is 4. The van der Waals surface area contributed by atoms with Gasteiger partial charge >= 0.3 is 0 Å². The van der Waals surface area contributed by atoms with Gasteiger partial charge in [-0.15, -0.1) is 0 Å². The average molecular weight is 258 g/mol. The van der Waals surface area contributed by atoms with Crippen molar-refractivity contribution in [2.24, 2.45) is 0 Å². The van der Waals surface area contributed by atoms with Crippen LogP contribution in [0.5, 0.6) is 0 Å². The van der Waals surface area contributed by atoms with Crippen LogP contribution in [0, 0.1) is 6.92 Å². The second kappa shape index (κ2) is 4.05. The Balaban J connectivity index is 1.65. The minimum absolute atomic E-state index is 0.129. The summed E-state index contributed by atoms with van der Waals surface area (Å²) in [7, 11) is 0. The first-order valence-electron chi connectivity index (χ1n) is 6.94. The summed E-state index contributed by atoms with van der Waals surface area (Å²) in [6.07, 6.45) is 2.64.